The molecule has 1 saturated carbocycles. The standard InChI is InChI=1S/C21H28O5/c1-2-3-6-11-21(19(22)23,20(24)25)26-16-9-10-18-15(13-16)12-14-7-4-5-8-17(14)18/h9-10,13-14,17H,2-8,11-12H2,1H3,(H,22,23)(H,24,25). The molecular weight excluding hydrogens is 332 g/mol. The van der Waals surface area contributed by atoms with Crippen molar-refractivity contribution < 1.29 is 24.5 Å². The average molecular weight is 360 g/mol. The van der Waals surface area contributed by atoms with Gasteiger partial charge in [-0.15, -0.1) is 0 Å². The minimum Gasteiger partial charge on any atom is -0.478 e. The molecule has 2 unspecified atom stereocenters. The number of aliphatic carboxylic acids is 2. The van der Waals surface area contributed by atoms with E-state index in [1.54, 1.807) is 6.07 Å². The van der Waals surface area contributed by atoms with Gasteiger partial charge in [-0.1, -0.05) is 38.7 Å². The van der Waals surface area contributed by atoms with Crippen LogP contribution < -0.4 is 4.74 Å². The number of hydrogen-bond acceptors (Lipinski definition) is 3. The second-order valence-corrected chi connectivity index (χ2v) is 7.71. The third kappa shape index (κ3) is 3.44. The number of benzene rings is 1. The van der Waals surface area contributed by atoms with Gasteiger partial charge in [0.1, 0.15) is 5.75 Å². The highest BCUT2D eigenvalue weighted by atomic mass is 16.6. The molecule has 142 valence electrons. The van der Waals surface area contributed by atoms with Gasteiger partial charge in [-0.3, -0.25) is 0 Å². The maximum Gasteiger partial charge on any atom is 0.360 e. The molecule has 0 heterocycles. The van der Waals surface area contributed by atoms with Crippen molar-refractivity contribution >= 4 is 11.9 Å². The van der Waals surface area contributed by atoms with E-state index in [2.05, 4.69) is 0 Å². The number of carboxylic acids is 2. The van der Waals surface area contributed by atoms with E-state index in [0.717, 1.165) is 19.3 Å². The number of ether oxygens (including phenoxy) is 1. The summed E-state index contributed by atoms with van der Waals surface area (Å²) in [6.45, 7) is 1.99. The van der Waals surface area contributed by atoms with E-state index in [9.17, 15) is 19.8 Å². The SMILES string of the molecule is CCCCCC(Oc1ccc2c(c1)CC1CCCCC21)(C(=O)O)C(=O)O. The van der Waals surface area contributed by atoms with Gasteiger partial charge in [0.25, 0.3) is 0 Å². The fourth-order valence-electron chi connectivity index (χ4n) is 4.60. The molecule has 5 nitrogen and oxygen atoms in total. The van der Waals surface area contributed by atoms with Crippen LogP contribution in [-0.2, 0) is 16.0 Å². The molecule has 1 aromatic rings. The number of rotatable bonds is 8. The van der Waals surface area contributed by atoms with E-state index in [0.29, 0.717) is 24.0 Å². The Morgan fingerprint density at radius 2 is 1.88 bits per heavy atom. The molecule has 2 atom stereocenters. The van der Waals surface area contributed by atoms with Gasteiger partial charge in [0, 0.05) is 6.42 Å². The van der Waals surface area contributed by atoms with Crippen molar-refractivity contribution in [1.82, 2.24) is 0 Å². The molecule has 5 heteroatoms. The van der Waals surface area contributed by atoms with Gasteiger partial charge in [0.15, 0.2) is 0 Å². The van der Waals surface area contributed by atoms with Crippen LogP contribution in [0.25, 0.3) is 0 Å². The van der Waals surface area contributed by atoms with Crippen molar-refractivity contribution in [2.24, 2.45) is 5.92 Å². The Labute approximate surface area is 154 Å². The van der Waals surface area contributed by atoms with Crippen molar-refractivity contribution in [2.45, 2.75) is 76.2 Å². The second-order valence-electron chi connectivity index (χ2n) is 7.71. The van der Waals surface area contributed by atoms with Crippen LogP contribution in [0.5, 0.6) is 5.75 Å². The van der Waals surface area contributed by atoms with Crippen molar-refractivity contribution in [1.29, 1.82) is 0 Å². The van der Waals surface area contributed by atoms with Gasteiger partial charge in [-0.2, -0.15) is 0 Å². The normalized spacial score (nSPS) is 21.7. The molecule has 2 aliphatic rings. The molecule has 2 N–H and O–H groups in total. The van der Waals surface area contributed by atoms with Crippen LogP contribution in [0.3, 0.4) is 0 Å². The third-order valence-corrected chi connectivity index (χ3v) is 6.02. The first-order chi connectivity index (χ1) is 12.5. The van der Waals surface area contributed by atoms with E-state index in [4.69, 9.17) is 4.74 Å². The highest BCUT2D eigenvalue weighted by Gasteiger charge is 2.49. The van der Waals surface area contributed by atoms with Crippen molar-refractivity contribution in [3.63, 3.8) is 0 Å². The Morgan fingerprint density at radius 3 is 2.58 bits per heavy atom. The summed E-state index contributed by atoms with van der Waals surface area (Å²) < 4.78 is 5.65. The zero-order valence-corrected chi connectivity index (χ0v) is 15.4. The topological polar surface area (TPSA) is 83.8 Å². The molecule has 0 aromatic heterocycles. The molecule has 0 aliphatic heterocycles. The smallest absolute Gasteiger partial charge is 0.360 e. The Kier molecular flexibility index (Phi) is 5.54. The zero-order chi connectivity index (χ0) is 18.7. The number of carboxylic acid groups (broad SMARTS) is 2. The monoisotopic (exact) mass is 360 g/mol. The summed E-state index contributed by atoms with van der Waals surface area (Å²) in [6.07, 6.45) is 8.10. The first-order valence-electron chi connectivity index (χ1n) is 9.76. The van der Waals surface area contributed by atoms with E-state index in [1.165, 1.54) is 36.8 Å². The summed E-state index contributed by atoms with van der Waals surface area (Å²) in [5, 5.41) is 19.2. The molecule has 1 fully saturated rings. The highest BCUT2D eigenvalue weighted by Crippen LogP contribution is 2.47. The first-order valence-corrected chi connectivity index (χ1v) is 9.76. The number of unbranched alkanes of at least 4 members (excludes halogenated alkanes) is 2. The summed E-state index contributed by atoms with van der Waals surface area (Å²) in [4.78, 5) is 23.6. The van der Waals surface area contributed by atoms with Crippen LogP contribution >= 0.6 is 0 Å². The summed E-state index contributed by atoms with van der Waals surface area (Å²) in [5.74, 6) is -1.25. The van der Waals surface area contributed by atoms with Gasteiger partial charge < -0.3 is 14.9 Å². The third-order valence-electron chi connectivity index (χ3n) is 6.02. The highest BCUT2D eigenvalue weighted by molar-refractivity contribution is 6.02. The minimum absolute atomic E-state index is 0.0339. The number of hydrogen-bond donors (Lipinski definition) is 2. The Hall–Kier alpha value is -2.04. The predicted molar refractivity (Wildman–Crippen MR) is 97.6 cm³/mol. The lowest BCUT2D eigenvalue weighted by Crippen LogP contribution is -2.51. The summed E-state index contributed by atoms with van der Waals surface area (Å²) in [6, 6.07) is 5.63. The molecule has 0 amide bonds. The van der Waals surface area contributed by atoms with Crippen LogP contribution in [0.1, 0.15) is 75.3 Å². The van der Waals surface area contributed by atoms with Gasteiger partial charge in [0.2, 0.25) is 0 Å². The van der Waals surface area contributed by atoms with E-state index < -0.39 is 17.5 Å². The Morgan fingerprint density at radius 1 is 1.15 bits per heavy atom. The fourth-order valence-corrected chi connectivity index (χ4v) is 4.60. The molecule has 26 heavy (non-hydrogen) atoms. The van der Waals surface area contributed by atoms with Crippen LogP contribution in [0.4, 0.5) is 0 Å². The van der Waals surface area contributed by atoms with Gasteiger partial charge in [-0.05, 0) is 60.8 Å². The molecule has 0 spiro atoms. The zero-order valence-electron chi connectivity index (χ0n) is 15.4. The Balaban J connectivity index is 1.83. The molecule has 2 aliphatic carbocycles. The summed E-state index contributed by atoms with van der Waals surface area (Å²) in [7, 11) is 0. The molecule has 0 bridgehead atoms. The summed E-state index contributed by atoms with van der Waals surface area (Å²) >= 11 is 0. The molecule has 0 saturated heterocycles. The summed E-state index contributed by atoms with van der Waals surface area (Å²) in [5.41, 5.74) is 0.316. The lowest BCUT2D eigenvalue weighted by Gasteiger charge is -2.27. The fraction of sp³-hybridized carbons (Fsp3) is 0.619. The molecular formula is C21H28O5. The van der Waals surface area contributed by atoms with Crippen molar-refractivity contribution in [2.75, 3.05) is 0 Å². The molecule has 3 rings (SSSR count). The largest absolute Gasteiger partial charge is 0.478 e. The number of fused-ring (bicyclic) bond motifs is 3. The van der Waals surface area contributed by atoms with Gasteiger partial charge >= 0.3 is 17.5 Å². The minimum atomic E-state index is -2.21. The molecule has 1 aromatic carbocycles. The van der Waals surface area contributed by atoms with Crippen molar-refractivity contribution in [3.05, 3.63) is 29.3 Å². The average Bonchev–Trinajstić information content (AvgIpc) is 2.98. The van der Waals surface area contributed by atoms with E-state index >= 15 is 0 Å². The number of carbonyl (C=O) groups is 2. The lowest BCUT2D eigenvalue weighted by molar-refractivity contribution is -0.173. The maximum absolute atomic E-state index is 11.8. The first kappa shape index (κ1) is 18.7. The predicted octanol–water partition coefficient (Wildman–Crippen LogP) is 4.38. The van der Waals surface area contributed by atoms with E-state index in [1.807, 2.05) is 19.1 Å². The van der Waals surface area contributed by atoms with Gasteiger partial charge in [-0.25, -0.2) is 9.59 Å². The molecule has 0 radical (unpaired) electrons. The lowest BCUT2D eigenvalue weighted by atomic mass is 9.80. The van der Waals surface area contributed by atoms with Crippen LogP contribution in [0, 0.1) is 5.92 Å². The van der Waals surface area contributed by atoms with Crippen LogP contribution in [0.2, 0.25) is 0 Å². The quantitative estimate of drug-likeness (QED) is 0.531. The van der Waals surface area contributed by atoms with Crippen LogP contribution in [0.15, 0.2) is 18.2 Å². The Bertz CT molecular complexity index is 667. The maximum atomic E-state index is 11.8. The van der Waals surface area contributed by atoms with Crippen LogP contribution in [-0.4, -0.2) is 27.8 Å². The van der Waals surface area contributed by atoms with Crippen molar-refractivity contribution in [3.8, 4) is 5.75 Å². The van der Waals surface area contributed by atoms with Gasteiger partial charge in [0.05, 0.1) is 0 Å². The van der Waals surface area contributed by atoms with E-state index in [-0.39, 0.29) is 6.42 Å². The second kappa shape index (κ2) is 7.68.